The monoisotopic (exact) mass is 326 g/mol. The molecule has 0 amide bonds. The number of rotatable bonds is 2. The number of hydrogen-bond acceptors (Lipinski definition) is 5. The Morgan fingerprint density at radius 1 is 0.917 bits per heavy atom. The molecule has 2 aromatic rings. The van der Waals surface area contributed by atoms with E-state index in [1.165, 1.54) is 48.1 Å². The van der Waals surface area contributed by atoms with E-state index in [2.05, 4.69) is 26.7 Å². The molecule has 6 nitrogen and oxygen atoms in total. The fraction of sp³-hybridized carbons (Fsp3) is 0.667. The summed E-state index contributed by atoms with van der Waals surface area (Å²) in [6.45, 7) is 6.45. The van der Waals surface area contributed by atoms with Crippen LogP contribution in [0.3, 0.4) is 0 Å². The van der Waals surface area contributed by atoms with Crippen LogP contribution < -0.4 is 15.1 Å². The average molecular weight is 326 g/mol. The summed E-state index contributed by atoms with van der Waals surface area (Å²) in [4.78, 5) is 15.0. The second kappa shape index (κ2) is 5.62. The van der Waals surface area contributed by atoms with Crippen LogP contribution in [0.15, 0.2) is 0 Å². The summed E-state index contributed by atoms with van der Waals surface area (Å²) in [5.74, 6) is 2.12. The van der Waals surface area contributed by atoms with E-state index in [4.69, 9.17) is 9.97 Å². The molecule has 24 heavy (non-hydrogen) atoms. The largest absolute Gasteiger partial charge is 0.356 e. The molecule has 0 saturated carbocycles. The number of nitrogens with one attached hydrogen (secondary N) is 1. The Balaban J connectivity index is 1.74. The Morgan fingerprint density at radius 2 is 1.62 bits per heavy atom. The summed E-state index contributed by atoms with van der Waals surface area (Å²) < 4.78 is 2.33. The third-order valence-electron chi connectivity index (χ3n) is 5.87. The van der Waals surface area contributed by atoms with Crippen LogP contribution in [0.2, 0.25) is 0 Å². The molecule has 0 radical (unpaired) electrons. The number of aromatic nitrogens is 3. The van der Waals surface area contributed by atoms with Gasteiger partial charge in [0.2, 0.25) is 5.95 Å². The second-order valence-electron chi connectivity index (χ2n) is 7.35. The van der Waals surface area contributed by atoms with Gasteiger partial charge in [-0.05, 0) is 25.7 Å². The van der Waals surface area contributed by atoms with Crippen molar-refractivity contribution in [2.45, 2.75) is 38.6 Å². The van der Waals surface area contributed by atoms with Crippen LogP contribution in [0, 0.1) is 0 Å². The number of anilines is 2. The summed E-state index contributed by atoms with van der Waals surface area (Å²) in [5.41, 5.74) is 3.99. The minimum atomic E-state index is 0.938. The van der Waals surface area contributed by atoms with E-state index in [0.717, 1.165) is 57.3 Å². The van der Waals surface area contributed by atoms with Crippen LogP contribution in [0.4, 0.5) is 11.8 Å². The first-order chi connectivity index (χ1) is 11.8. The Hall–Kier alpha value is -1.82. The molecule has 0 aliphatic carbocycles. The molecule has 0 aromatic carbocycles. The fourth-order valence-corrected chi connectivity index (χ4v) is 4.56. The van der Waals surface area contributed by atoms with Gasteiger partial charge in [0.1, 0.15) is 11.5 Å². The van der Waals surface area contributed by atoms with Crippen molar-refractivity contribution in [3.63, 3.8) is 0 Å². The highest BCUT2D eigenvalue weighted by Crippen LogP contribution is 2.36. The van der Waals surface area contributed by atoms with Crippen LogP contribution in [0.25, 0.3) is 11.0 Å². The minimum absolute atomic E-state index is 0.938. The minimum Gasteiger partial charge on any atom is -0.356 e. The Kier molecular flexibility index (Phi) is 3.40. The van der Waals surface area contributed by atoms with Gasteiger partial charge in [-0.1, -0.05) is 0 Å². The first kappa shape index (κ1) is 14.5. The Labute approximate surface area is 142 Å². The summed E-state index contributed by atoms with van der Waals surface area (Å²) in [6.07, 6.45) is 6.15. The van der Waals surface area contributed by atoms with E-state index in [1.54, 1.807) is 0 Å². The smallest absolute Gasteiger partial charge is 0.229 e. The summed E-state index contributed by atoms with van der Waals surface area (Å²) in [7, 11) is 2.18. The van der Waals surface area contributed by atoms with Crippen LogP contribution in [-0.4, -0.2) is 47.3 Å². The molecule has 0 atom stereocenters. The third kappa shape index (κ3) is 2.12. The van der Waals surface area contributed by atoms with Gasteiger partial charge in [-0.3, -0.25) is 0 Å². The fourth-order valence-electron chi connectivity index (χ4n) is 4.56. The number of fused-ring (bicyclic) bond motifs is 3. The maximum absolute atomic E-state index is 5.09. The SMILES string of the molecule is Cn1c2c(c3c(N4CCCC4)nc(N4CCCC4)nc31)CNCC2. The summed E-state index contributed by atoms with van der Waals surface area (Å²) >= 11 is 0. The molecule has 3 aliphatic heterocycles. The van der Waals surface area contributed by atoms with Gasteiger partial charge < -0.3 is 19.7 Å². The number of aryl methyl sites for hydroxylation is 1. The molecule has 2 aromatic heterocycles. The molecule has 6 heteroatoms. The van der Waals surface area contributed by atoms with Crippen molar-refractivity contribution in [3.8, 4) is 0 Å². The third-order valence-corrected chi connectivity index (χ3v) is 5.87. The lowest BCUT2D eigenvalue weighted by atomic mass is 10.1. The molecule has 0 bridgehead atoms. The Bertz CT molecular complexity index is 768. The highest BCUT2D eigenvalue weighted by molar-refractivity contribution is 5.94. The van der Waals surface area contributed by atoms with Gasteiger partial charge in [0.25, 0.3) is 0 Å². The van der Waals surface area contributed by atoms with E-state index < -0.39 is 0 Å². The molecule has 5 rings (SSSR count). The molecular formula is C18H26N6. The first-order valence-electron chi connectivity index (χ1n) is 9.42. The number of nitrogens with zero attached hydrogens (tertiary/aromatic N) is 5. The molecule has 2 fully saturated rings. The molecule has 3 aliphatic rings. The van der Waals surface area contributed by atoms with E-state index in [-0.39, 0.29) is 0 Å². The first-order valence-corrected chi connectivity index (χ1v) is 9.42. The van der Waals surface area contributed by atoms with Crippen molar-refractivity contribution in [3.05, 3.63) is 11.3 Å². The highest BCUT2D eigenvalue weighted by atomic mass is 15.3. The lowest BCUT2D eigenvalue weighted by Crippen LogP contribution is -2.25. The van der Waals surface area contributed by atoms with Crippen molar-refractivity contribution < 1.29 is 0 Å². The highest BCUT2D eigenvalue weighted by Gasteiger charge is 2.28. The van der Waals surface area contributed by atoms with Crippen LogP contribution in [0.5, 0.6) is 0 Å². The van der Waals surface area contributed by atoms with Gasteiger partial charge in [0.05, 0.1) is 5.39 Å². The molecule has 2 saturated heterocycles. The average Bonchev–Trinajstić information content (AvgIpc) is 3.36. The van der Waals surface area contributed by atoms with E-state index in [9.17, 15) is 0 Å². The zero-order valence-corrected chi connectivity index (χ0v) is 14.5. The predicted octanol–water partition coefficient (Wildman–Crippen LogP) is 1.81. The number of hydrogen-bond donors (Lipinski definition) is 1. The van der Waals surface area contributed by atoms with Crippen LogP contribution >= 0.6 is 0 Å². The lowest BCUT2D eigenvalue weighted by Gasteiger charge is -2.22. The van der Waals surface area contributed by atoms with E-state index in [1.807, 2.05) is 0 Å². The van der Waals surface area contributed by atoms with Gasteiger partial charge in [-0.2, -0.15) is 9.97 Å². The maximum atomic E-state index is 5.09. The lowest BCUT2D eigenvalue weighted by molar-refractivity contribution is 0.621. The molecule has 128 valence electrons. The predicted molar refractivity (Wildman–Crippen MR) is 96.8 cm³/mol. The van der Waals surface area contributed by atoms with E-state index >= 15 is 0 Å². The zero-order valence-electron chi connectivity index (χ0n) is 14.5. The molecule has 0 spiro atoms. The second-order valence-corrected chi connectivity index (χ2v) is 7.35. The van der Waals surface area contributed by atoms with Gasteiger partial charge in [0, 0.05) is 64.0 Å². The topological polar surface area (TPSA) is 49.2 Å². The van der Waals surface area contributed by atoms with Gasteiger partial charge in [-0.25, -0.2) is 0 Å². The molecule has 5 heterocycles. The van der Waals surface area contributed by atoms with Crippen molar-refractivity contribution in [1.29, 1.82) is 0 Å². The van der Waals surface area contributed by atoms with Gasteiger partial charge in [-0.15, -0.1) is 0 Å². The van der Waals surface area contributed by atoms with Gasteiger partial charge >= 0.3 is 0 Å². The van der Waals surface area contributed by atoms with Crippen molar-refractivity contribution in [2.75, 3.05) is 42.5 Å². The van der Waals surface area contributed by atoms with Crippen molar-refractivity contribution in [1.82, 2.24) is 19.9 Å². The zero-order chi connectivity index (χ0) is 16.1. The van der Waals surface area contributed by atoms with Gasteiger partial charge in [0.15, 0.2) is 0 Å². The molecule has 1 N–H and O–H groups in total. The summed E-state index contributed by atoms with van der Waals surface area (Å²) in [6, 6.07) is 0. The summed E-state index contributed by atoms with van der Waals surface area (Å²) in [5, 5.41) is 4.83. The normalized spacial score (nSPS) is 21.0. The van der Waals surface area contributed by atoms with Crippen molar-refractivity contribution in [2.24, 2.45) is 7.05 Å². The van der Waals surface area contributed by atoms with Crippen LogP contribution in [-0.2, 0) is 20.0 Å². The van der Waals surface area contributed by atoms with E-state index in [0.29, 0.717) is 0 Å². The van der Waals surface area contributed by atoms with Crippen molar-refractivity contribution >= 4 is 22.8 Å². The Morgan fingerprint density at radius 3 is 2.38 bits per heavy atom. The molecule has 0 unspecified atom stereocenters. The quantitative estimate of drug-likeness (QED) is 0.912. The maximum Gasteiger partial charge on any atom is 0.229 e. The van der Waals surface area contributed by atoms with Crippen LogP contribution in [0.1, 0.15) is 36.9 Å². The molecular weight excluding hydrogens is 300 g/mol. The standard InChI is InChI=1S/C18H26N6/c1-22-14-6-7-19-12-13(14)15-16(22)20-18(24-10-4-5-11-24)21-17(15)23-8-2-3-9-23/h19H,2-12H2,1H3.